The van der Waals surface area contributed by atoms with Gasteiger partial charge in [-0.05, 0) is 37.1 Å². The Morgan fingerprint density at radius 2 is 2.39 bits per heavy atom. The third kappa shape index (κ3) is 2.84. The Kier molecular flexibility index (Phi) is 4.24. The Bertz CT molecular complexity index is 450. The van der Waals surface area contributed by atoms with Crippen LogP contribution in [0.4, 0.5) is 0 Å². The molecule has 0 amide bonds. The number of halogens is 1. The summed E-state index contributed by atoms with van der Waals surface area (Å²) in [7, 11) is 1.63. The molecule has 1 unspecified atom stereocenters. The minimum Gasteiger partial charge on any atom is -0.497 e. The van der Waals surface area contributed by atoms with Gasteiger partial charge in [0.05, 0.1) is 7.11 Å². The third-order valence-corrected chi connectivity index (χ3v) is 4.02. The molecular formula is C13H16BrNO3. The first-order valence-electron chi connectivity index (χ1n) is 5.91. The molecule has 1 aromatic carbocycles. The number of benzene rings is 1. The number of nitrogens with zero attached hydrogens (tertiary/aromatic N) is 1. The van der Waals surface area contributed by atoms with E-state index in [1.54, 1.807) is 7.11 Å². The van der Waals surface area contributed by atoms with Gasteiger partial charge in [0.1, 0.15) is 11.8 Å². The van der Waals surface area contributed by atoms with Crippen LogP contribution in [0.1, 0.15) is 18.4 Å². The van der Waals surface area contributed by atoms with Crippen molar-refractivity contribution in [3.05, 3.63) is 28.2 Å². The lowest BCUT2D eigenvalue weighted by Gasteiger charge is -2.21. The molecule has 1 aromatic rings. The summed E-state index contributed by atoms with van der Waals surface area (Å²) in [6.07, 6.45) is 1.69. The van der Waals surface area contributed by atoms with Crippen molar-refractivity contribution in [3.8, 4) is 5.75 Å². The monoisotopic (exact) mass is 313 g/mol. The summed E-state index contributed by atoms with van der Waals surface area (Å²) < 4.78 is 6.10. The van der Waals surface area contributed by atoms with Gasteiger partial charge in [-0.1, -0.05) is 22.0 Å². The number of hydrogen-bond donors (Lipinski definition) is 1. The van der Waals surface area contributed by atoms with E-state index >= 15 is 0 Å². The highest BCUT2D eigenvalue weighted by Gasteiger charge is 2.30. The molecule has 0 bridgehead atoms. The number of likely N-dealkylation sites (tertiary alicyclic amines) is 1. The Morgan fingerprint density at radius 1 is 1.61 bits per heavy atom. The first kappa shape index (κ1) is 13.4. The summed E-state index contributed by atoms with van der Waals surface area (Å²) >= 11 is 3.50. The van der Waals surface area contributed by atoms with E-state index in [-0.39, 0.29) is 6.04 Å². The number of aliphatic carboxylic acids is 1. The lowest BCUT2D eigenvalue weighted by Crippen LogP contribution is -2.35. The average molecular weight is 314 g/mol. The number of rotatable bonds is 4. The predicted molar refractivity (Wildman–Crippen MR) is 71.8 cm³/mol. The van der Waals surface area contributed by atoms with Crippen LogP contribution in [0.2, 0.25) is 0 Å². The lowest BCUT2D eigenvalue weighted by atomic mass is 10.2. The first-order valence-corrected chi connectivity index (χ1v) is 6.70. The predicted octanol–water partition coefficient (Wildman–Crippen LogP) is 2.51. The maximum absolute atomic E-state index is 11.1. The molecule has 0 radical (unpaired) electrons. The summed E-state index contributed by atoms with van der Waals surface area (Å²) in [5, 5.41) is 9.14. The highest BCUT2D eigenvalue weighted by atomic mass is 79.9. The Hall–Kier alpha value is -1.07. The highest BCUT2D eigenvalue weighted by molar-refractivity contribution is 9.10. The Labute approximate surface area is 115 Å². The van der Waals surface area contributed by atoms with E-state index in [0.717, 1.165) is 35.2 Å². The Morgan fingerprint density at radius 3 is 3.00 bits per heavy atom. The standard InChI is InChI=1S/C13H16BrNO3/c1-18-10-5-4-9(11(14)7-10)8-15-6-2-3-12(15)13(16)17/h4-5,7,12H,2-3,6,8H2,1H3,(H,16,17). The van der Waals surface area contributed by atoms with Crippen molar-refractivity contribution in [2.45, 2.75) is 25.4 Å². The highest BCUT2D eigenvalue weighted by Crippen LogP contribution is 2.27. The van der Waals surface area contributed by atoms with Crippen LogP contribution >= 0.6 is 15.9 Å². The van der Waals surface area contributed by atoms with Gasteiger partial charge in [-0.15, -0.1) is 0 Å². The topological polar surface area (TPSA) is 49.8 Å². The second-order valence-corrected chi connectivity index (χ2v) is 5.28. The van der Waals surface area contributed by atoms with Gasteiger partial charge in [0.2, 0.25) is 0 Å². The van der Waals surface area contributed by atoms with Crippen molar-refractivity contribution in [1.29, 1.82) is 0 Å². The van der Waals surface area contributed by atoms with E-state index < -0.39 is 5.97 Å². The van der Waals surface area contributed by atoms with Crippen LogP contribution in [0.25, 0.3) is 0 Å². The van der Waals surface area contributed by atoms with E-state index in [4.69, 9.17) is 9.84 Å². The maximum atomic E-state index is 11.1. The second kappa shape index (κ2) is 5.71. The molecule has 0 saturated carbocycles. The summed E-state index contributed by atoms with van der Waals surface area (Å²) in [5.74, 6) is 0.0685. The minimum absolute atomic E-state index is 0.348. The molecule has 5 heteroatoms. The van der Waals surface area contributed by atoms with Crippen molar-refractivity contribution in [2.24, 2.45) is 0 Å². The van der Waals surface area contributed by atoms with Crippen LogP contribution in [0, 0.1) is 0 Å². The van der Waals surface area contributed by atoms with Crippen LogP contribution in [0.3, 0.4) is 0 Å². The molecule has 1 saturated heterocycles. The molecular weight excluding hydrogens is 298 g/mol. The minimum atomic E-state index is -0.725. The van der Waals surface area contributed by atoms with Gasteiger partial charge in [0, 0.05) is 11.0 Å². The molecule has 0 aliphatic carbocycles. The first-order chi connectivity index (χ1) is 8.61. The molecule has 1 heterocycles. The summed E-state index contributed by atoms with van der Waals surface area (Å²) in [5.41, 5.74) is 1.09. The van der Waals surface area contributed by atoms with E-state index in [9.17, 15) is 4.79 Å². The molecule has 1 fully saturated rings. The zero-order valence-corrected chi connectivity index (χ0v) is 11.8. The van der Waals surface area contributed by atoms with Crippen LogP contribution < -0.4 is 4.74 Å². The van der Waals surface area contributed by atoms with E-state index in [0.29, 0.717) is 6.54 Å². The van der Waals surface area contributed by atoms with Gasteiger partial charge in [-0.3, -0.25) is 9.69 Å². The van der Waals surface area contributed by atoms with Gasteiger partial charge in [-0.25, -0.2) is 0 Å². The van der Waals surface area contributed by atoms with E-state index in [1.807, 2.05) is 23.1 Å². The number of carbonyl (C=O) groups is 1. The largest absolute Gasteiger partial charge is 0.497 e. The fraction of sp³-hybridized carbons (Fsp3) is 0.462. The fourth-order valence-electron chi connectivity index (χ4n) is 2.30. The van der Waals surface area contributed by atoms with Crippen LogP contribution in [-0.2, 0) is 11.3 Å². The van der Waals surface area contributed by atoms with Crippen molar-refractivity contribution in [2.75, 3.05) is 13.7 Å². The van der Waals surface area contributed by atoms with Crippen molar-refractivity contribution < 1.29 is 14.6 Å². The molecule has 0 spiro atoms. The summed E-state index contributed by atoms with van der Waals surface area (Å²) in [4.78, 5) is 13.1. The molecule has 0 aromatic heterocycles. The van der Waals surface area contributed by atoms with Gasteiger partial charge in [0.15, 0.2) is 0 Å². The zero-order valence-electron chi connectivity index (χ0n) is 10.2. The number of carboxylic acids is 1. The molecule has 1 N–H and O–H groups in total. The molecule has 1 aliphatic rings. The molecule has 1 aliphatic heterocycles. The van der Waals surface area contributed by atoms with E-state index in [2.05, 4.69) is 15.9 Å². The van der Waals surface area contributed by atoms with Crippen LogP contribution in [0.15, 0.2) is 22.7 Å². The molecule has 1 atom stereocenters. The molecule has 98 valence electrons. The third-order valence-electron chi connectivity index (χ3n) is 3.28. The Balaban J connectivity index is 2.11. The van der Waals surface area contributed by atoms with Crippen molar-refractivity contribution in [1.82, 2.24) is 4.90 Å². The maximum Gasteiger partial charge on any atom is 0.320 e. The molecule has 2 rings (SSSR count). The lowest BCUT2D eigenvalue weighted by molar-refractivity contribution is -0.142. The fourth-order valence-corrected chi connectivity index (χ4v) is 2.78. The van der Waals surface area contributed by atoms with Gasteiger partial charge in [-0.2, -0.15) is 0 Å². The molecule has 18 heavy (non-hydrogen) atoms. The van der Waals surface area contributed by atoms with Crippen LogP contribution in [0.5, 0.6) is 5.75 Å². The molecule has 4 nitrogen and oxygen atoms in total. The average Bonchev–Trinajstić information content (AvgIpc) is 2.80. The van der Waals surface area contributed by atoms with Crippen molar-refractivity contribution in [3.63, 3.8) is 0 Å². The number of hydrogen-bond acceptors (Lipinski definition) is 3. The van der Waals surface area contributed by atoms with Gasteiger partial charge >= 0.3 is 5.97 Å². The number of carboxylic acid groups (broad SMARTS) is 1. The number of ether oxygens (including phenoxy) is 1. The van der Waals surface area contributed by atoms with Crippen molar-refractivity contribution >= 4 is 21.9 Å². The smallest absolute Gasteiger partial charge is 0.320 e. The summed E-state index contributed by atoms with van der Waals surface area (Å²) in [6, 6.07) is 5.42. The normalized spacial score (nSPS) is 20.0. The van der Waals surface area contributed by atoms with Gasteiger partial charge in [0.25, 0.3) is 0 Å². The zero-order chi connectivity index (χ0) is 13.1. The van der Waals surface area contributed by atoms with Crippen LogP contribution in [-0.4, -0.2) is 35.7 Å². The number of methoxy groups -OCH3 is 1. The van der Waals surface area contributed by atoms with E-state index in [1.165, 1.54) is 0 Å². The van der Waals surface area contributed by atoms with Gasteiger partial charge < -0.3 is 9.84 Å². The summed E-state index contributed by atoms with van der Waals surface area (Å²) in [6.45, 7) is 1.50. The SMILES string of the molecule is COc1ccc(CN2CCCC2C(=O)O)c(Br)c1. The quantitative estimate of drug-likeness (QED) is 0.928. The second-order valence-electron chi connectivity index (χ2n) is 4.42.